The standard InChI is InChI=1S/C11H17N3O4S/c1-14(9-2-3-19(16,17)7-9)5-10-4-8(6-18-10)11(15)13-12/h4,6,9H,2-3,5,7,12H2,1H3,(H,13,15). The van der Waals surface area contributed by atoms with Crippen molar-refractivity contribution in [1.29, 1.82) is 0 Å². The summed E-state index contributed by atoms with van der Waals surface area (Å²) in [7, 11) is -1.05. The van der Waals surface area contributed by atoms with E-state index in [0.29, 0.717) is 24.3 Å². The molecule has 0 bridgehead atoms. The van der Waals surface area contributed by atoms with Crippen LogP contribution in [0.1, 0.15) is 22.5 Å². The quantitative estimate of drug-likeness (QED) is 0.439. The fourth-order valence-electron chi connectivity index (χ4n) is 2.16. The first-order chi connectivity index (χ1) is 8.91. The molecule has 0 aromatic carbocycles. The average Bonchev–Trinajstić information content (AvgIpc) is 2.94. The lowest BCUT2D eigenvalue weighted by Crippen LogP contribution is -2.32. The van der Waals surface area contributed by atoms with E-state index in [1.807, 2.05) is 17.4 Å². The van der Waals surface area contributed by atoms with Gasteiger partial charge in [-0.2, -0.15) is 0 Å². The topological polar surface area (TPSA) is 106 Å². The van der Waals surface area contributed by atoms with Gasteiger partial charge in [0.15, 0.2) is 9.84 Å². The van der Waals surface area contributed by atoms with E-state index in [4.69, 9.17) is 10.3 Å². The van der Waals surface area contributed by atoms with Gasteiger partial charge in [0.05, 0.1) is 23.6 Å². The maximum atomic E-state index is 11.4. The molecule has 1 amide bonds. The predicted octanol–water partition coefficient (Wildman–Crippen LogP) is -0.498. The highest BCUT2D eigenvalue weighted by molar-refractivity contribution is 7.91. The fraction of sp³-hybridized carbons (Fsp3) is 0.545. The highest BCUT2D eigenvalue weighted by Gasteiger charge is 2.30. The van der Waals surface area contributed by atoms with Crippen molar-refractivity contribution in [3.63, 3.8) is 0 Å². The molecule has 7 nitrogen and oxygen atoms in total. The first-order valence-corrected chi connectivity index (χ1v) is 7.72. The summed E-state index contributed by atoms with van der Waals surface area (Å²) >= 11 is 0. The third-order valence-electron chi connectivity index (χ3n) is 3.28. The van der Waals surface area contributed by atoms with Gasteiger partial charge >= 0.3 is 0 Å². The summed E-state index contributed by atoms with van der Waals surface area (Å²) in [4.78, 5) is 13.2. The first-order valence-electron chi connectivity index (χ1n) is 5.90. The molecule has 1 saturated heterocycles. The molecular weight excluding hydrogens is 270 g/mol. The zero-order valence-electron chi connectivity index (χ0n) is 10.6. The maximum Gasteiger partial charge on any atom is 0.268 e. The van der Waals surface area contributed by atoms with Crippen LogP contribution >= 0.6 is 0 Å². The molecule has 0 spiro atoms. The summed E-state index contributed by atoms with van der Waals surface area (Å²) < 4.78 is 28.1. The lowest BCUT2D eigenvalue weighted by atomic mass is 10.2. The zero-order valence-corrected chi connectivity index (χ0v) is 11.4. The minimum absolute atomic E-state index is 0.00175. The van der Waals surface area contributed by atoms with Gasteiger partial charge in [-0.05, 0) is 19.5 Å². The van der Waals surface area contributed by atoms with Crippen LogP contribution in [0, 0.1) is 0 Å². The number of amides is 1. The molecule has 1 aromatic rings. The lowest BCUT2D eigenvalue weighted by Gasteiger charge is -2.21. The molecule has 0 radical (unpaired) electrons. The van der Waals surface area contributed by atoms with Crippen LogP contribution in [0.15, 0.2) is 16.7 Å². The maximum absolute atomic E-state index is 11.4. The Labute approximate surface area is 111 Å². The van der Waals surface area contributed by atoms with Crippen molar-refractivity contribution in [3.8, 4) is 0 Å². The van der Waals surface area contributed by atoms with Crippen molar-refractivity contribution in [2.75, 3.05) is 18.6 Å². The predicted molar refractivity (Wildman–Crippen MR) is 68.9 cm³/mol. The summed E-state index contributed by atoms with van der Waals surface area (Å²) in [5, 5.41) is 0. The van der Waals surface area contributed by atoms with Crippen molar-refractivity contribution < 1.29 is 17.6 Å². The Balaban J connectivity index is 1.98. The summed E-state index contributed by atoms with van der Waals surface area (Å²) in [6.45, 7) is 0.456. The van der Waals surface area contributed by atoms with Gasteiger partial charge in [-0.15, -0.1) is 0 Å². The summed E-state index contributed by atoms with van der Waals surface area (Å²) in [6, 6.07) is 1.60. The zero-order chi connectivity index (χ0) is 14.0. The van der Waals surface area contributed by atoms with Crippen LogP contribution in [-0.4, -0.2) is 43.8 Å². The van der Waals surface area contributed by atoms with Crippen molar-refractivity contribution in [2.45, 2.75) is 19.0 Å². The number of nitrogens with one attached hydrogen (secondary N) is 1. The molecule has 1 unspecified atom stereocenters. The minimum atomic E-state index is -2.90. The van der Waals surface area contributed by atoms with Gasteiger partial charge < -0.3 is 4.42 Å². The van der Waals surface area contributed by atoms with Gasteiger partial charge in [0.1, 0.15) is 12.0 Å². The second-order valence-electron chi connectivity index (χ2n) is 4.75. The Morgan fingerprint density at radius 3 is 2.95 bits per heavy atom. The second kappa shape index (κ2) is 5.32. The Morgan fingerprint density at radius 1 is 1.63 bits per heavy atom. The van der Waals surface area contributed by atoms with Crippen molar-refractivity contribution in [2.24, 2.45) is 5.84 Å². The van der Waals surface area contributed by atoms with Gasteiger partial charge in [-0.1, -0.05) is 0 Å². The van der Waals surface area contributed by atoms with Gasteiger partial charge in [0.25, 0.3) is 5.91 Å². The molecule has 2 rings (SSSR count). The van der Waals surface area contributed by atoms with Crippen LogP contribution < -0.4 is 11.3 Å². The van der Waals surface area contributed by atoms with E-state index in [1.54, 1.807) is 6.07 Å². The molecule has 3 N–H and O–H groups in total. The van der Waals surface area contributed by atoms with Gasteiger partial charge in [0.2, 0.25) is 0 Å². The van der Waals surface area contributed by atoms with Crippen LogP contribution in [0.3, 0.4) is 0 Å². The molecule has 1 atom stereocenters. The summed E-state index contributed by atoms with van der Waals surface area (Å²) in [5.74, 6) is 5.63. The second-order valence-corrected chi connectivity index (χ2v) is 6.98. The number of furan rings is 1. The number of hydrazine groups is 1. The number of nitrogens with zero attached hydrogens (tertiary/aromatic N) is 1. The summed E-state index contributed by atoms with van der Waals surface area (Å²) in [6.07, 6.45) is 1.96. The van der Waals surface area contributed by atoms with Gasteiger partial charge in [-0.25, -0.2) is 14.3 Å². The Bertz CT molecular complexity index is 566. The molecule has 1 aromatic heterocycles. The van der Waals surface area contributed by atoms with E-state index in [0.717, 1.165) is 0 Å². The SMILES string of the molecule is CN(Cc1cc(C(=O)NN)co1)C1CCS(=O)(=O)C1. The molecule has 8 heteroatoms. The van der Waals surface area contributed by atoms with Crippen molar-refractivity contribution in [1.82, 2.24) is 10.3 Å². The van der Waals surface area contributed by atoms with Gasteiger partial charge in [0, 0.05) is 6.04 Å². The highest BCUT2D eigenvalue weighted by atomic mass is 32.2. The fourth-order valence-corrected chi connectivity index (χ4v) is 3.97. The van der Waals surface area contributed by atoms with E-state index >= 15 is 0 Å². The number of sulfone groups is 1. The molecule has 2 heterocycles. The number of nitrogen functional groups attached to an aromatic ring is 1. The molecule has 0 aliphatic carbocycles. The molecule has 19 heavy (non-hydrogen) atoms. The van der Waals surface area contributed by atoms with Crippen LogP contribution in [0.2, 0.25) is 0 Å². The molecule has 1 aliphatic heterocycles. The van der Waals surface area contributed by atoms with Crippen molar-refractivity contribution in [3.05, 3.63) is 23.7 Å². The van der Waals surface area contributed by atoms with Gasteiger partial charge in [-0.3, -0.25) is 15.1 Å². The number of nitrogens with two attached hydrogens (primary N) is 1. The molecule has 1 fully saturated rings. The van der Waals surface area contributed by atoms with E-state index < -0.39 is 15.7 Å². The highest BCUT2D eigenvalue weighted by Crippen LogP contribution is 2.19. The van der Waals surface area contributed by atoms with Crippen LogP contribution in [0.25, 0.3) is 0 Å². The average molecular weight is 287 g/mol. The summed E-state index contributed by atoms with van der Waals surface area (Å²) in [5.41, 5.74) is 2.37. The smallest absolute Gasteiger partial charge is 0.268 e. The first kappa shape index (κ1) is 14.0. The Morgan fingerprint density at radius 2 is 2.37 bits per heavy atom. The van der Waals surface area contributed by atoms with E-state index in [-0.39, 0.29) is 17.5 Å². The number of hydrogen-bond acceptors (Lipinski definition) is 6. The third-order valence-corrected chi connectivity index (χ3v) is 5.03. The molecular formula is C11H17N3O4S. The van der Waals surface area contributed by atoms with E-state index in [2.05, 4.69) is 0 Å². The van der Waals surface area contributed by atoms with E-state index in [1.165, 1.54) is 6.26 Å². The molecule has 106 valence electrons. The van der Waals surface area contributed by atoms with Crippen molar-refractivity contribution >= 4 is 15.7 Å². The van der Waals surface area contributed by atoms with Crippen LogP contribution in [0.5, 0.6) is 0 Å². The lowest BCUT2D eigenvalue weighted by molar-refractivity contribution is 0.0953. The largest absolute Gasteiger partial charge is 0.467 e. The third kappa shape index (κ3) is 3.34. The Kier molecular flexibility index (Phi) is 3.93. The van der Waals surface area contributed by atoms with Crippen LogP contribution in [0.4, 0.5) is 0 Å². The molecule has 0 saturated carbocycles. The van der Waals surface area contributed by atoms with Crippen LogP contribution in [-0.2, 0) is 16.4 Å². The number of rotatable bonds is 4. The minimum Gasteiger partial charge on any atom is -0.467 e. The monoisotopic (exact) mass is 287 g/mol. The molecule has 1 aliphatic rings. The van der Waals surface area contributed by atoms with E-state index in [9.17, 15) is 13.2 Å². The number of carbonyl (C=O) groups is 1. The number of carbonyl (C=O) groups excluding carboxylic acids is 1. The Hall–Kier alpha value is -1.38. The normalized spacial score (nSPS) is 21.7. The number of hydrogen-bond donors (Lipinski definition) is 2.